The van der Waals surface area contributed by atoms with Crippen LogP contribution in [0.4, 0.5) is 4.39 Å². The molecule has 1 aromatic heterocycles. The van der Waals surface area contributed by atoms with Crippen LogP contribution in [0.1, 0.15) is 27.6 Å². The molecule has 1 N–H and O–H groups in total. The molecule has 3 rings (SSSR count). The Morgan fingerprint density at radius 2 is 1.92 bits per heavy atom. The lowest BCUT2D eigenvalue weighted by molar-refractivity contribution is -0.120. The molecule has 0 bridgehead atoms. The Bertz CT molecular complexity index is 812. The van der Waals surface area contributed by atoms with Gasteiger partial charge in [-0.2, -0.15) is 0 Å². The number of aryl methyl sites for hydroxylation is 1. The molecular weight excluding hydrogens is 321 g/mol. The summed E-state index contributed by atoms with van der Waals surface area (Å²) in [5.41, 5.74) is 2.88. The molecule has 3 aromatic rings. The van der Waals surface area contributed by atoms with Gasteiger partial charge in [-0.15, -0.1) is 11.3 Å². The number of rotatable bonds is 5. The molecule has 0 spiro atoms. The topological polar surface area (TPSA) is 29.1 Å². The van der Waals surface area contributed by atoms with Gasteiger partial charge in [0, 0.05) is 4.88 Å². The summed E-state index contributed by atoms with van der Waals surface area (Å²) in [5, 5.41) is 5.07. The van der Waals surface area contributed by atoms with Gasteiger partial charge in [0.2, 0.25) is 5.91 Å². The fourth-order valence-corrected chi connectivity index (χ4v) is 3.38. The molecule has 4 heteroatoms. The molecule has 122 valence electrons. The molecule has 0 aliphatic carbocycles. The summed E-state index contributed by atoms with van der Waals surface area (Å²) in [4.78, 5) is 13.5. The number of amides is 1. The fraction of sp³-hybridized carbons (Fsp3) is 0.150. The van der Waals surface area contributed by atoms with Gasteiger partial charge in [-0.25, -0.2) is 4.39 Å². The van der Waals surface area contributed by atoms with E-state index < -0.39 is 0 Å². The second-order valence-electron chi connectivity index (χ2n) is 5.73. The van der Waals surface area contributed by atoms with E-state index in [-0.39, 0.29) is 24.2 Å². The average Bonchev–Trinajstić information content (AvgIpc) is 3.08. The molecule has 1 atom stereocenters. The number of hydrogen-bond acceptors (Lipinski definition) is 2. The third kappa shape index (κ3) is 4.09. The van der Waals surface area contributed by atoms with E-state index in [2.05, 4.69) is 5.32 Å². The first-order valence-corrected chi connectivity index (χ1v) is 8.63. The van der Waals surface area contributed by atoms with Crippen LogP contribution in [-0.4, -0.2) is 5.91 Å². The van der Waals surface area contributed by atoms with E-state index in [1.54, 1.807) is 23.5 Å². The highest BCUT2D eigenvalue weighted by Crippen LogP contribution is 2.26. The fourth-order valence-electron chi connectivity index (χ4n) is 2.58. The first-order chi connectivity index (χ1) is 11.6. The Balaban J connectivity index is 1.79. The predicted molar refractivity (Wildman–Crippen MR) is 95.6 cm³/mol. The zero-order valence-corrected chi connectivity index (χ0v) is 14.1. The molecule has 24 heavy (non-hydrogen) atoms. The van der Waals surface area contributed by atoms with Gasteiger partial charge in [0.05, 0.1) is 12.5 Å². The highest BCUT2D eigenvalue weighted by atomic mass is 32.1. The van der Waals surface area contributed by atoms with E-state index in [9.17, 15) is 9.18 Å². The normalized spacial score (nSPS) is 11.9. The zero-order valence-electron chi connectivity index (χ0n) is 13.3. The number of hydrogen-bond donors (Lipinski definition) is 1. The lowest BCUT2D eigenvalue weighted by Crippen LogP contribution is -2.30. The third-order valence-electron chi connectivity index (χ3n) is 3.80. The smallest absolute Gasteiger partial charge is 0.225 e. The number of halogens is 1. The Labute approximate surface area is 145 Å². The van der Waals surface area contributed by atoms with Gasteiger partial charge in [-0.1, -0.05) is 48.0 Å². The van der Waals surface area contributed by atoms with E-state index in [1.807, 2.05) is 48.7 Å². The van der Waals surface area contributed by atoms with E-state index in [0.717, 1.165) is 10.4 Å². The van der Waals surface area contributed by atoms with Gasteiger partial charge in [0.15, 0.2) is 0 Å². The molecule has 1 heterocycles. The van der Waals surface area contributed by atoms with Crippen LogP contribution < -0.4 is 5.32 Å². The van der Waals surface area contributed by atoms with Crippen molar-refractivity contribution in [1.29, 1.82) is 0 Å². The van der Waals surface area contributed by atoms with Crippen LogP contribution in [0.25, 0.3) is 0 Å². The van der Waals surface area contributed by atoms with Crippen LogP contribution in [0, 0.1) is 12.7 Å². The maximum atomic E-state index is 13.3. The van der Waals surface area contributed by atoms with Gasteiger partial charge in [-0.3, -0.25) is 4.79 Å². The van der Waals surface area contributed by atoms with Crippen molar-refractivity contribution in [2.45, 2.75) is 19.4 Å². The molecule has 0 saturated heterocycles. The standard InChI is InChI=1S/C20H18FNOS/c1-14-7-9-16(10-8-14)20(18-6-3-11-24-18)22-19(23)13-15-4-2-5-17(21)12-15/h2-12,20H,13H2,1H3,(H,22,23). The van der Waals surface area contributed by atoms with Gasteiger partial charge < -0.3 is 5.32 Å². The Morgan fingerprint density at radius 3 is 2.58 bits per heavy atom. The zero-order chi connectivity index (χ0) is 16.9. The van der Waals surface area contributed by atoms with Crippen molar-refractivity contribution in [1.82, 2.24) is 5.32 Å². The molecule has 1 amide bonds. The maximum Gasteiger partial charge on any atom is 0.225 e. The Kier molecular flexibility index (Phi) is 5.06. The van der Waals surface area contributed by atoms with Crippen LogP contribution >= 0.6 is 11.3 Å². The number of thiophene rings is 1. The molecule has 0 fully saturated rings. The quantitative estimate of drug-likeness (QED) is 0.720. The summed E-state index contributed by atoms with van der Waals surface area (Å²) in [6.07, 6.45) is 0.158. The molecular formula is C20H18FNOS. The monoisotopic (exact) mass is 339 g/mol. The van der Waals surface area contributed by atoms with Gasteiger partial charge in [0.25, 0.3) is 0 Å². The van der Waals surface area contributed by atoms with Crippen LogP contribution in [0.2, 0.25) is 0 Å². The van der Waals surface area contributed by atoms with Gasteiger partial charge in [0.1, 0.15) is 5.82 Å². The van der Waals surface area contributed by atoms with Crippen molar-refractivity contribution < 1.29 is 9.18 Å². The maximum absolute atomic E-state index is 13.3. The van der Waals surface area contributed by atoms with Crippen LogP contribution in [0.3, 0.4) is 0 Å². The van der Waals surface area contributed by atoms with Gasteiger partial charge in [-0.05, 0) is 41.6 Å². The van der Waals surface area contributed by atoms with E-state index in [4.69, 9.17) is 0 Å². The number of nitrogens with one attached hydrogen (secondary N) is 1. The van der Waals surface area contributed by atoms with E-state index in [1.165, 1.54) is 17.7 Å². The summed E-state index contributed by atoms with van der Waals surface area (Å²) < 4.78 is 13.3. The highest BCUT2D eigenvalue weighted by molar-refractivity contribution is 7.10. The van der Waals surface area contributed by atoms with Crippen LogP contribution in [-0.2, 0) is 11.2 Å². The largest absolute Gasteiger partial charge is 0.344 e. The Hall–Kier alpha value is -2.46. The van der Waals surface area contributed by atoms with Crippen molar-refractivity contribution in [3.8, 4) is 0 Å². The number of benzene rings is 2. The minimum Gasteiger partial charge on any atom is -0.344 e. The third-order valence-corrected chi connectivity index (χ3v) is 4.73. The SMILES string of the molecule is Cc1ccc(C(NC(=O)Cc2cccc(F)c2)c2cccs2)cc1. The highest BCUT2D eigenvalue weighted by Gasteiger charge is 2.18. The van der Waals surface area contributed by atoms with E-state index >= 15 is 0 Å². The molecule has 0 saturated carbocycles. The minimum absolute atomic E-state index is 0.125. The van der Waals surface area contributed by atoms with Crippen LogP contribution in [0.5, 0.6) is 0 Å². The second-order valence-corrected chi connectivity index (χ2v) is 6.71. The molecule has 2 nitrogen and oxygen atoms in total. The summed E-state index contributed by atoms with van der Waals surface area (Å²) >= 11 is 1.61. The Morgan fingerprint density at radius 1 is 1.12 bits per heavy atom. The van der Waals surface area contributed by atoms with Crippen molar-refractivity contribution in [2.24, 2.45) is 0 Å². The predicted octanol–water partition coefficient (Wildman–Crippen LogP) is 4.64. The second kappa shape index (κ2) is 7.41. The minimum atomic E-state index is -0.325. The summed E-state index contributed by atoms with van der Waals surface area (Å²) in [6, 6.07) is 18.1. The van der Waals surface area contributed by atoms with Crippen molar-refractivity contribution in [3.05, 3.63) is 93.4 Å². The molecule has 0 aliphatic heterocycles. The lowest BCUT2D eigenvalue weighted by atomic mass is 10.0. The summed E-state index contributed by atoms with van der Waals surface area (Å²) in [6.45, 7) is 2.03. The summed E-state index contributed by atoms with van der Waals surface area (Å²) in [7, 11) is 0. The molecule has 1 unspecified atom stereocenters. The summed E-state index contributed by atoms with van der Waals surface area (Å²) in [5.74, 6) is -0.451. The lowest BCUT2D eigenvalue weighted by Gasteiger charge is -2.18. The van der Waals surface area contributed by atoms with Crippen molar-refractivity contribution in [3.63, 3.8) is 0 Å². The molecule has 0 aliphatic rings. The molecule has 0 radical (unpaired) electrons. The van der Waals surface area contributed by atoms with Gasteiger partial charge >= 0.3 is 0 Å². The van der Waals surface area contributed by atoms with E-state index in [0.29, 0.717) is 5.56 Å². The van der Waals surface area contributed by atoms with Crippen molar-refractivity contribution in [2.75, 3.05) is 0 Å². The van der Waals surface area contributed by atoms with Crippen molar-refractivity contribution >= 4 is 17.2 Å². The molecule has 2 aromatic carbocycles. The average molecular weight is 339 g/mol. The first-order valence-electron chi connectivity index (χ1n) is 7.75. The van der Waals surface area contributed by atoms with Crippen LogP contribution in [0.15, 0.2) is 66.0 Å². The number of carbonyl (C=O) groups is 1. The first kappa shape index (κ1) is 16.4. The number of carbonyl (C=O) groups excluding carboxylic acids is 1.